The molecule has 62 valence electrons. The van der Waals surface area contributed by atoms with Crippen LogP contribution in [-0.2, 0) is 4.84 Å². The maximum absolute atomic E-state index is 5.40. The van der Waals surface area contributed by atoms with Gasteiger partial charge in [-0.25, -0.2) is 0 Å². The van der Waals surface area contributed by atoms with Crippen LogP contribution in [-0.4, -0.2) is 11.8 Å². The molecule has 0 aromatic carbocycles. The molecule has 0 atom stereocenters. The Morgan fingerprint density at radius 1 is 1.45 bits per heavy atom. The molecule has 1 saturated carbocycles. The first-order valence-electron chi connectivity index (χ1n) is 4.51. The van der Waals surface area contributed by atoms with E-state index < -0.39 is 0 Å². The van der Waals surface area contributed by atoms with Gasteiger partial charge < -0.3 is 4.84 Å². The van der Waals surface area contributed by atoms with Gasteiger partial charge in [-0.2, -0.15) is 0 Å². The highest BCUT2D eigenvalue weighted by atomic mass is 16.7. The second kappa shape index (κ2) is 2.50. The van der Waals surface area contributed by atoms with Crippen molar-refractivity contribution in [2.75, 3.05) is 0 Å². The van der Waals surface area contributed by atoms with Crippen molar-refractivity contribution in [2.24, 2.45) is 11.1 Å². The number of hydrogen-bond acceptors (Lipinski definition) is 2. The van der Waals surface area contributed by atoms with E-state index in [1.54, 1.807) is 0 Å². The highest BCUT2D eigenvalue weighted by Gasteiger charge is 2.38. The summed E-state index contributed by atoms with van der Waals surface area (Å²) in [6, 6.07) is 0. The van der Waals surface area contributed by atoms with Crippen molar-refractivity contribution < 1.29 is 4.84 Å². The molecule has 0 aromatic rings. The van der Waals surface area contributed by atoms with Crippen LogP contribution in [0.25, 0.3) is 0 Å². The van der Waals surface area contributed by atoms with Crippen LogP contribution in [0.3, 0.4) is 0 Å². The van der Waals surface area contributed by atoms with Crippen molar-refractivity contribution in [2.45, 2.75) is 44.6 Å². The molecule has 1 spiro atoms. The van der Waals surface area contributed by atoms with Crippen LogP contribution in [0, 0.1) is 5.92 Å². The normalized spacial score (nSPS) is 42.8. The zero-order chi connectivity index (χ0) is 7.73. The summed E-state index contributed by atoms with van der Waals surface area (Å²) < 4.78 is 0. The van der Waals surface area contributed by atoms with E-state index in [1.165, 1.54) is 25.7 Å². The molecule has 1 aliphatic heterocycles. The van der Waals surface area contributed by atoms with Gasteiger partial charge in [-0.15, -0.1) is 0 Å². The van der Waals surface area contributed by atoms with Gasteiger partial charge in [0, 0.05) is 12.6 Å². The van der Waals surface area contributed by atoms with Gasteiger partial charge in [0.25, 0.3) is 0 Å². The minimum Gasteiger partial charge on any atom is -0.389 e. The van der Waals surface area contributed by atoms with Crippen LogP contribution in [0.2, 0.25) is 0 Å². The molecule has 0 unspecified atom stereocenters. The van der Waals surface area contributed by atoms with E-state index in [0.29, 0.717) is 0 Å². The average molecular weight is 153 g/mol. The summed E-state index contributed by atoms with van der Waals surface area (Å²) >= 11 is 0. The van der Waals surface area contributed by atoms with Gasteiger partial charge in [-0.3, -0.25) is 0 Å². The van der Waals surface area contributed by atoms with E-state index in [4.69, 9.17) is 4.84 Å². The maximum Gasteiger partial charge on any atom is 0.142 e. The van der Waals surface area contributed by atoms with Crippen molar-refractivity contribution in [1.29, 1.82) is 0 Å². The molecular formula is C9H15NO. The molecular weight excluding hydrogens is 138 g/mol. The molecule has 2 heteroatoms. The molecule has 1 heterocycles. The molecule has 0 bridgehead atoms. The standard InChI is InChI=1S/C9H15NO/c1-8-2-4-9(5-3-8)6-7-10-11-9/h7-8H,2-6H2,1H3. The predicted molar refractivity (Wildman–Crippen MR) is 44.6 cm³/mol. The van der Waals surface area contributed by atoms with Gasteiger partial charge in [0.2, 0.25) is 0 Å². The smallest absolute Gasteiger partial charge is 0.142 e. The van der Waals surface area contributed by atoms with Crippen LogP contribution >= 0.6 is 0 Å². The lowest BCUT2D eigenvalue weighted by molar-refractivity contribution is -0.0527. The number of hydrogen-bond donors (Lipinski definition) is 0. The SMILES string of the molecule is CC1CCC2(CC=NO2)CC1. The predicted octanol–water partition coefficient (Wildman–Crippen LogP) is 2.34. The van der Waals surface area contributed by atoms with E-state index in [9.17, 15) is 0 Å². The molecule has 0 amide bonds. The highest BCUT2D eigenvalue weighted by molar-refractivity contribution is 5.59. The monoisotopic (exact) mass is 153 g/mol. The lowest BCUT2D eigenvalue weighted by Crippen LogP contribution is -2.32. The van der Waals surface area contributed by atoms with Gasteiger partial charge in [-0.1, -0.05) is 12.1 Å². The topological polar surface area (TPSA) is 21.6 Å². The van der Waals surface area contributed by atoms with E-state index >= 15 is 0 Å². The Bertz CT molecular complexity index is 158. The van der Waals surface area contributed by atoms with E-state index in [2.05, 4.69) is 12.1 Å². The molecule has 1 fully saturated rings. The summed E-state index contributed by atoms with van der Waals surface area (Å²) in [5.74, 6) is 0.893. The largest absolute Gasteiger partial charge is 0.389 e. The summed E-state index contributed by atoms with van der Waals surface area (Å²) in [7, 11) is 0. The van der Waals surface area contributed by atoms with Gasteiger partial charge in [-0.05, 0) is 31.6 Å². The highest BCUT2D eigenvalue weighted by Crippen LogP contribution is 2.38. The number of nitrogens with zero attached hydrogens (tertiary/aromatic N) is 1. The Morgan fingerprint density at radius 3 is 2.73 bits per heavy atom. The van der Waals surface area contributed by atoms with E-state index in [0.717, 1.165) is 12.3 Å². The van der Waals surface area contributed by atoms with Crippen LogP contribution in [0.15, 0.2) is 5.16 Å². The molecule has 0 saturated heterocycles. The number of oxime groups is 1. The first kappa shape index (κ1) is 7.14. The fourth-order valence-electron chi connectivity index (χ4n) is 1.97. The van der Waals surface area contributed by atoms with Crippen molar-refractivity contribution in [3.8, 4) is 0 Å². The van der Waals surface area contributed by atoms with Crippen LogP contribution < -0.4 is 0 Å². The Labute approximate surface area is 67.6 Å². The molecule has 2 rings (SSSR count). The summed E-state index contributed by atoms with van der Waals surface area (Å²) in [6.45, 7) is 2.32. The summed E-state index contributed by atoms with van der Waals surface area (Å²) in [5, 5.41) is 3.86. The zero-order valence-corrected chi connectivity index (χ0v) is 7.05. The Morgan fingerprint density at radius 2 is 2.18 bits per heavy atom. The van der Waals surface area contributed by atoms with Crippen molar-refractivity contribution in [3.05, 3.63) is 0 Å². The quantitative estimate of drug-likeness (QED) is 0.523. The summed E-state index contributed by atoms with van der Waals surface area (Å²) in [5.41, 5.74) is 0.131. The Kier molecular flexibility index (Phi) is 1.63. The molecule has 1 aliphatic carbocycles. The van der Waals surface area contributed by atoms with Crippen LogP contribution in [0.5, 0.6) is 0 Å². The van der Waals surface area contributed by atoms with Gasteiger partial charge in [0.1, 0.15) is 5.60 Å². The van der Waals surface area contributed by atoms with Gasteiger partial charge >= 0.3 is 0 Å². The fraction of sp³-hybridized carbons (Fsp3) is 0.889. The van der Waals surface area contributed by atoms with Crippen molar-refractivity contribution in [3.63, 3.8) is 0 Å². The number of rotatable bonds is 0. The minimum atomic E-state index is 0.131. The zero-order valence-electron chi connectivity index (χ0n) is 7.05. The second-order valence-corrected chi connectivity index (χ2v) is 3.95. The lowest BCUT2D eigenvalue weighted by Gasteiger charge is -2.33. The van der Waals surface area contributed by atoms with Gasteiger partial charge in [0.05, 0.1) is 0 Å². The molecule has 0 aromatic heterocycles. The maximum atomic E-state index is 5.40. The van der Waals surface area contributed by atoms with Crippen LogP contribution in [0.1, 0.15) is 39.0 Å². The first-order valence-corrected chi connectivity index (χ1v) is 4.51. The molecule has 0 N–H and O–H groups in total. The van der Waals surface area contributed by atoms with Gasteiger partial charge in [0.15, 0.2) is 0 Å². The molecule has 2 nitrogen and oxygen atoms in total. The molecule has 0 radical (unpaired) electrons. The fourth-order valence-corrected chi connectivity index (χ4v) is 1.97. The third-order valence-corrected chi connectivity index (χ3v) is 2.97. The summed E-state index contributed by atoms with van der Waals surface area (Å²) in [4.78, 5) is 5.40. The molecule has 2 aliphatic rings. The minimum absolute atomic E-state index is 0.131. The van der Waals surface area contributed by atoms with E-state index in [-0.39, 0.29) is 5.60 Å². The third-order valence-electron chi connectivity index (χ3n) is 2.97. The third kappa shape index (κ3) is 1.26. The average Bonchev–Trinajstić information content (AvgIpc) is 2.45. The molecule has 11 heavy (non-hydrogen) atoms. The summed E-state index contributed by atoms with van der Waals surface area (Å²) in [6.07, 6.45) is 7.98. The first-order chi connectivity index (χ1) is 5.31. The van der Waals surface area contributed by atoms with Crippen molar-refractivity contribution in [1.82, 2.24) is 0 Å². The lowest BCUT2D eigenvalue weighted by atomic mass is 9.78. The van der Waals surface area contributed by atoms with E-state index in [1.807, 2.05) is 6.21 Å². The van der Waals surface area contributed by atoms with Crippen molar-refractivity contribution >= 4 is 6.21 Å². The Balaban J connectivity index is 1.96. The second-order valence-electron chi connectivity index (χ2n) is 3.95. The van der Waals surface area contributed by atoms with Crippen LogP contribution in [0.4, 0.5) is 0 Å². The Hall–Kier alpha value is -0.530.